The molecular weight excluding hydrogens is 379 g/mol. The molecule has 1 aromatic heterocycles. The molecule has 2 aromatic rings. The van der Waals surface area contributed by atoms with Crippen LogP contribution in [-0.2, 0) is 4.79 Å². The van der Waals surface area contributed by atoms with E-state index in [1.165, 1.54) is 10.7 Å². The predicted octanol–water partition coefficient (Wildman–Crippen LogP) is 2.96. The summed E-state index contributed by atoms with van der Waals surface area (Å²) in [7, 11) is 1.69. The van der Waals surface area contributed by atoms with Gasteiger partial charge < -0.3 is 10.7 Å². The van der Waals surface area contributed by atoms with Crippen molar-refractivity contribution in [2.24, 2.45) is 0 Å². The van der Waals surface area contributed by atoms with Crippen LogP contribution in [0.1, 0.15) is 39.0 Å². The Labute approximate surface area is 167 Å². The minimum Gasteiger partial charge on any atom is -0.335 e. The summed E-state index contributed by atoms with van der Waals surface area (Å²) >= 11 is 1.14. The second-order valence-corrected chi connectivity index (χ2v) is 8.33. The molecule has 1 amide bonds. The van der Waals surface area contributed by atoms with Gasteiger partial charge in [0.15, 0.2) is 5.82 Å². The van der Waals surface area contributed by atoms with Gasteiger partial charge in [-0.15, -0.1) is 10.2 Å². The van der Waals surface area contributed by atoms with Gasteiger partial charge in [0.2, 0.25) is 11.1 Å². The molecule has 0 saturated heterocycles. The standard InChI is InChI=1S/C19H23FN6OS/c1-13(17(27)25(2)19(12-21)10-6-3-7-11-19)28-18-24-23-16(26(18)22)14-8-4-5-9-15(14)20/h4-5,8-9,13H,3,6-7,10-11,22H2,1-2H3/t13-/m0/s1. The first-order valence-corrected chi connectivity index (χ1v) is 10.1. The van der Waals surface area contributed by atoms with Gasteiger partial charge in [0.25, 0.3) is 0 Å². The maximum Gasteiger partial charge on any atom is 0.236 e. The average Bonchev–Trinajstić information content (AvgIpc) is 3.07. The number of nitrogen functional groups attached to an aromatic ring is 1. The van der Waals surface area contributed by atoms with Gasteiger partial charge in [0.05, 0.1) is 16.9 Å². The molecule has 1 heterocycles. The second-order valence-electron chi connectivity index (χ2n) is 7.02. The maximum atomic E-state index is 14.0. The Morgan fingerprint density at radius 1 is 1.36 bits per heavy atom. The zero-order chi connectivity index (χ0) is 20.3. The van der Waals surface area contributed by atoms with Crippen LogP contribution in [0.15, 0.2) is 29.4 Å². The molecule has 7 nitrogen and oxygen atoms in total. The van der Waals surface area contributed by atoms with Gasteiger partial charge in [-0.3, -0.25) is 4.79 Å². The van der Waals surface area contributed by atoms with Crippen molar-refractivity contribution in [1.82, 2.24) is 19.8 Å². The number of nitriles is 1. The number of hydrogen-bond acceptors (Lipinski definition) is 6. The van der Waals surface area contributed by atoms with Crippen molar-refractivity contribution in [3.8, 4) is 17.5 Å². The van der Waals surface area contributed by atoms with Crippen molar-refractivity contribution in [3.05, 3.63) is 30.1 Å². The van der Waals surface area contributed by atoms with E-state index in [9.17, 15) is 14.4 Å². The summed E-state index contributed by atoms with van der Waals surface area (Å²) in [6, 6.07) is 8.52. The number of carbonyl (C=O) groups excluding carboxylic acids is 1. The van der Waals surface area contributed by atoms with Crippen LogP contribution in [0.2, 0.25) is 0 Å². The summed E-state index contributed by atoms with van der Waals surface area (Å²) in [4.78, 5) is 14.5. The van der Waals surface area contributed by atoms with Crippen LogP contribution in [0.4, 0.5) is 4.39 Å². The van der Waals surface area contributed by atoms with Crippen molar-refractivity contribution in [2.75, 3.05) is 12.9 Å². The zero-order valence-corrected chi connectivity index (χ0v) is 16.7. The number of rotatable bonds is 5. The Hall–Kier alpha value is -2.60. The molecule has 148 valence electrons. The van der Waals surface area contributed by atoms with E-state index in [0.29, 0.717) is 18.0 Å². The summed E-state index contributed by atoms with van der Waals surface area (Å²) in [5.41, 5.74) is -0.509. The number of amides is 1. The lowest BCUT2D eigenvalue weighted by Gasteiger charge is -2.40. The third-order valence-corrected chi connectivity index (χ3v) is 6.32. The highest BCUT2D eigenvalue weighted by Gasteiger charge is 2.40. The van der Waals surface area contributed by atoms with Crippen molar-refractivity contribution in [3.63, 3.8) is 0 Å². The highest BCUT2D eigenvalue weighted by atomic mass is 32.2. The fraction of sp³-hybridized carbons (Fsp3) is 0.474. The molecule has 9 heteroatoms. The Balaban J connectivity index is 1.76. The minimum atomic E-state index is -0.751. The number of carbonyl (C=O) groups is 1. The zero-order valence-electron chi connectivity index (χ0n) is 15.9. The first kappa shape index (κ1) is 20.1. The largest absolute Gasteiger partial charge is 0.335 e. The monoisotopic (exact) mass is 402 g/mol. The number of benzene rings is 1. The fourth-order valence-corrected chi connectivity index (χ4v) is 4.40. The summed E-state index contributed by atoms with van der Waals surface area (Å²) in [6.45, 7) is 1.74. The Kier molecular flexibility index (Phi) is 5.89. The van der Waals surface area contributed by atoms with Gasteiger partial charge in [0.1, 0.15) is 11.4 Å². The van der Waals surface area contributed by atoms with Crippen LogP contribution in [0.5, 0.6) is 0 Å². The molecule has 1 saturated carbocycles. The lowest BCUT2D eigenvalue weighted by atomic mass is 9.81. The molecule has 0 spiro atoms. The summed E-state index contributed by atoms with van der Waals surface area (Å²) in [5, 5.41) is 17.5. The predicted molar refractivity (Wildman–Crippen MR) is 105 cm³/mol. The highest BCUT2D eigenvalue weighted by Crippen LogP contribution is 2.34. The molecule has 0 aliphatic heterocycles. The third-order valence-electron chi connectivity index (χ3n) is 5.27. The molecule has 2 N–H and O–H groups in total. The Bertz CT molecular complexity index is 902. The first-order valence-electron chi connectivity index (χ1n) is 9.20. The molecule has 0 unspecified atom stereocenters. The molecule has 3 rings (SSSR count). The third kappa shape index (κ3) is 3.69. The molecule has 0 radical (unpaired) electrons. The van der Waals surface area contributed by atoms with Crippen molar-refractivity contribution >= 4 is 17.7 Å². The fourth-order valence-electron chi connectivity index (χ4n) is 3.53. The summed E-state index contributed by atoms with van der Waals surface area (Å²) in [6.07, 6.45) is 4.35. The number of halogens is 1. The maximum absolute atomic E-state index is 14.0. The molecular formula is C19H23FN6OS. The first-order chi connectivity index (χ1) is 13.4. The van der Waals surface area contributed by atoms with E-state index >= 15 is 0 Å². The Morgan fingerprint density at radius 2 is 2.04 bits per heavy atom. The van der Waals surface area contributed by atoms with Crippen LogP contribution in [0.25, 0.3) is 11.4 Å². The van der Waals surface area contributed by atoms with Gasteiger partial charge in [-0.2, -0.15) is 5.26 Å². The normalized spacial score (nSPS) is 16.9. The van der Waals surface area contributed by atoms with Crippen LogP contribution < -0.4 is 5.84 Å². The van der Waals surface area contributed by atoms with Gasteiger partial charge in [0, 0.05) is 7.05 Å². The number of thioether (sulfide) groups is 1. The molecule has 1 aliphatic carbocycles. The lowest BCUT2D eigenvalue weighted by molar-refractivity contribution is -0.133. The Morgan fingerprint density at radius 3 is 2.68 bits per heavy atom. The van der Waals surface area contributed by atoms with Crippen LogP contribution in [0.3, 0.4) is 0 Å². The number of nitrogens with zero attached hydrogens (tertiary/aromatic N) is 5. The van der Waals surface area contributed by atoms with E-state index < -0.39 is 16.6 Å². The second kappa shape index (κ2) is 8.19. The van der Waals surface area contributed by atoms with E-state index in [-0.39, 0.29) is 17.3 Å². The smallest absolute Gasteiger partial charge is 0.236 e. The SMILES string of the molecule is C[C@H](Sc1nnc(-c2ccccc2F)n1N)C(=O)N(C)C1(C#N)CCCCC1. The van der Waals surface area contributed by atoms with E-state index in [1.807, 2.05) is 0 Å². The topological polar surface area (TPSA) is 101 Å². The van der Waals surface area contributed by atoms with Crippen molar-refractivity contribution < 1.29 is 9.18 Å². The van der Waals surface area contributed by atoms with Crippen molar-refractivity contribution in [2.45, 2.75) is 55.0 Å². The van der Waals surface area contributed by atoms with Crippen LogP contribution in [-0.4, -0.2) is 43.5 Å². The van der Waals surface area contributed by atoms with E-state index in [1.54, 1.807) is 37.1 Å². The number of aromatic nitrogens is 3. The summed E-state index contributed by atoms with van der Waals surface area (Å²) in [5.74, 6) is 5.63. The van der Waals surface area contributed by atoms with Crippen molar-refractivity contribution in [1.29, 1.82) is 5.26 Å². The minimum absolute atomic E-state index is 0.163. The van der Waals surface area contributed by atoms with E-state index in [0.717, 1.165) is 31.0 Å². The highest BCUT2D eigenvalue weighted by molar-refractivity contribution is 8.00. The van der Waals surface area contributed by atoms with E-state index in [2.05, 4.69) is 16.3 Å². The van der Waals surface area contributed by atoms with Gasteiger partial charge >= 0.3 is 0 Å². The molecule has 1 aromatic carbocycles. The van der Waals surface area contributed by atoms with Gasteiger partial charge in [-0.05, 0) is 31.9 Å². The van der Waals surface area contributed by atoms with Crippen LogP contribution in [0, 0.1) is 17.1 Å². The van der Waals surface area contributed by atoms with E-state index in [4.69, 9.17) is 5.84 Å². The van der Waals surface area contributed by atoms with Crippen LogP contribution >= 0.6 is 11.8 Å². The molecule has 1 atom stereocenters. The van der Waals surface area contributed by atoms with Gasteiger partial charge in [-0.1, -0.05) is 43.2 Å². The van der Waals surface area contributed by atoms with Gasteiger partial charge in [-0.25, -0.2) is 9.07 Å². The molecule has 1 aliphatic rings. The average molecular weight is 402 g/mol. The molecule has 1 fully saturated rings. The summed E-state index contributed by atoms with van der Waals surface area (Å²) < 4.78 is 15.2. The number of nitrogens with two attached hydrogens (primary N) is 1. The quantitative estimate of drug-likeness (QED) is 0.609. The number of hydrogen-bond donors (Lipinski definition) is 1. The molecule has 28 heavy (non-hydrogen) atoms. The lowest BCUT2D eigenvalue weighted by Crippen LogP contribution is -2.52. The molecule has 0 bridgehead atoms.